The molecule has 3 N–H and O–H groups in total. The summed E-state index contributed by atoms with van der Waals surface area (Å²) in [5.41, 5.74) is 2.24. The van der Waals surface area contributed by atoms with Crippen molar-refractivity contribution in [3.05, 3.63) is 83.8 Å². The third-order valence-electron chi connectivity index (χ3n) is 5.02. The van der Waals surface area contributed by atoms with Gasteiger partial charge in [-0.3, -0.25) is 4.98 Å². The van der Waals surface area contributed by atoms with Crippen LogP contribution in [0, 0.1) is 0 Å². The lowest BCUT2D eigenvalue weighted by Gasteiger charge is -2.26. The molecule has 1 aliphatic rings. The van der Waals surface area contributed by atoms with Gasteiger partial charge in [-0.1, -0.05) is 36.4 Å². The molecule has 0 fully saturated rings. The maximum atomic E-state index is 11.1. The van der Waals surface area contributed by atoms with Crippen LogP contribution < -0.4 is 20.1 Å². The van der Waals surface area contributed by atoms with Crippen molar-refractivity contribution in [2.75, 3.05) is 20.3 Å². The van der Waals surface area contributed by atoms with Crippen LogP contribution in [0.4, 0.5) is 0 Å². The van der Waals surface area contributed by atoms with E-state index in [4.69, 9.17) is 9.47 Å². The summed E-state index contributed by atoms with van der Waals surface area (Å²) >= 11 is 0. The topological polar surface area (TPSA) is 75.6 Å². The first-order valence-electron chi connectivity index (χ1n) is 9.95. The molecule has 3 aromatic rings. The van der Waals surface area contributed by atoms with Gasteiger partial charge in [0.15, 0.2) is 11.5 Å². The van der Waals surface area contributed by atoms with Crippen LogP contribution in [0.1, 0.15) is 24.1 Å². The maximum Gasteiger partial charge on any atom is 0.161 e. The van der Waals surface area contributed by atoms with Crippen molar-refractivity contribution in [3.8, 4) is 17.2 Å². The fraction of sp³-hybridized carbons (Fsp3) is 0.208. The number of phenols is 1. The van der Waals surface area contributed by atoms with Crippen molar-refractivity contribution in [2.24, 2.45) is 0 Å². The number of hydrogen-bond acceptors (Lipinski definition) is 6. The molecule has 0 saturated heterocycles. The second-order valence-corrected chi connectivity index (χ2v) is 6.89. The van der Waals surface area contributed by atoms with E-state index < -0.39 is 0 Å². The number of fused-ring (bicyclic) bond motifs is 1. The van der Waals surface area contributed by atoms with Gasteiger partial charge in [0.05, 0.1) is 25.6 Å². The molecule has 1 atom stereocenters. The Balaban J connectivity index is 1.83. The van der Waals surface area contributed by atoms with Gasteiger partial charge in [-0.2, -0.15) is 0 Å². The average Bonchev–Trinajstić information content (AvgIpc) is 2.79. The van der Waals surface area contributed by atoms with Crippen molar-refractivity contribution in [3.63, 3.8) is 0 Å². The number of nitrogens with one attached hydrogen (secondary N) is 2. The molecule has 30 heavy (non-hydrogen) atoms. The number of phenolic OH excluding ortho intramolecular Hbond substituents is 1. The van der Waals surface area contributed by atoms with Gasteiger partial charge in [0.2, 0.25) is 0 Å². The molecular formula is C24H25N3O3. The van der Waals surface area contributed by atoms with E-state index in [0.717, 1.165) is 28.9 Å². The predicted octanol–water partition coefficient (Wildman–Crippen LogP) is 4.03. The number of aromatic hydroxyl groups is 1. The van der Waals surface area contributed by atoms with E-state index in [2.05, 4.69) is 15.6 Å². The smallest absolute Gasteiger partial charge is 0.161 e. The SMILES string of the molecule is CCOc1cc(C(NC2=CC=CCN2)c2ccc3cccnc3c2O)ccc1OC. The largest absolute Gasteiger partial charge is 0.505 e. The summed E-state index contributed by atoms with van der Waals surface area (Å²) in [5.74, 6) is 2.36. The Morgan fingerprint density at radius 3 is 2.87 bits per heavy atom. The van der Waals surface area contributed by atoms with E-state index in [0.29, 0.717) is 23.6 Å². The molecule has 1 aromatic heterocycles. The highest BCUT2D eigenvalue weighted by Crippen LogP contribution is 2.38. The Morgan fingerprint density at radius 1 is 1.20 bits per heavy atom. The summed E-state index contributed by atoms with van der Waals surface area (Å²) < 4.78 is 11.2. The lowest BCUT2D eigenvalue weighted by Crippen LogP contribution is -2.31. The van der Waals surface area contributed by atoms with E-state index in [1.54, 1.807) is 13.3 Å². The molecular weight excluding hydrogens is 378 g/mol. The number of pyridine rings is 1. The number of rotatable bonds is 7. The zero-order chi connectivity index (χ0) is 20.9. The van der Waals surface area contributed by atoms with Gasteiger partial charge in [0.1, 0.15) is 11.3 Å². The van der Waals surface area contributed by atoms with E-state index >= 15 is 0 Å². The molecule has 4 rings (SSSR count). The minimum atomic E-state index is -0.327. The van der Waals surface area contributed by atoms with Gasteiger partial charge in [0.25, 0.3) is 0 Å². The second-order valence-electron chi connectivity index (χ2n) is 6.89. The van der Waals surface area contributed by atoms with Crippen LogP contribution >= 0.6 is 0 Å². The summed E-state index contributed by atoms with van der Waals surface area (Å²) in [6.45, 7) is 3.20. The molecule has 0 amide bonds. The first-order chi connectivity index (χ1) is 14.7. The molecule has 1 unspecified atom stereocenters. The quantitative estimate of drug-likeness (QED) is 0.553. The molecule has 6 nitrogen and oxygen atoms in total. The van der Waals surface area contributed by atoms with E-state index in [9.17, 15) is 5.11 Å². The van der Waals surface area contributed by atoms with Crippen molar-refractivity contribution in [2.45, 2.75) is 13.0 Å². The first-order valence-corrected chi connectivity index (χ1v) is 9.95. The Morgan fingerprint density at radius 2 is 2.10 bits per heavy atom. The molecule has 0 aliphatic carbocycles. The summed E-state index contributed by atoms with van der Waals surface area (Å²) in [6.07, 6.45) is 7.69. The molecule has 0 bridgehead atoms. The first kappa shape index (κ1) is 19.6. The Hall–Kier alpha value is -3.67. The number of allylic oxidation sites excluding steroid dienone is 2. The van der Waals surface area contributed by atoms with E-state index in [1.165, 1.54) is 0 Å². The Kier molecular flexibility index (Phi) is 5.75. The third-order valence-corrected chi connectivity index (χ3v) is 5.02. The highest BCUT2D eigenvalue weighted by Gasteiger charge is 2.22. The van der Waals surface area contributed by atoms with Crippen molar-refractivity contribution in [1.29, 1.82) is 0 Å². The number of aromatic nitrogens is 1. The van der Waals surface area contributed by atoms with Gasteiger partial charge in [-0.05, 0) is 36.8 Å². The molecule has 1 aliphatic heterocycles. The third kappa shape index (κ3) is 3.89. The van der Waals surface area contributed by atoms with Gasteiger partial charge in [0, 0.05) is 23.7 Å². The lowest BCUT2D eigenvalue weighted by atomic mass is 9.95. The molecule has 2 heterocycles. The maximum absolute atomic E-state index is 11.1. The summed E-state index contributed by atoms with van der Waals surface area (Å²) in [6, 6.07) is 13.2. The summed E-state index contributed by atoms with van der Waals surface area (Å²) in [4.78, 5) is 4.37. The normalized spacial score (nSPS) is 14.0. The highest BCUT2D eigenvalue weighted by atomic mass is 16.5. The van der Waals surface area contributed by atoms with E-state index in [-0.39, 0.29) is 11.8 Å². The predicted molar refractivity (Wildman–Crippen MR) is 118 cm³/mol. The Bertz CT molecular complexity index is 1110. The minimum absolute atomic E-state index is 0.159. The number of nitrogens with zero attached hydrogens (tertiary/aromatic N) is 1. The average molecular weight is 403 g/mol. The van der Waals surface area contributed by atoms with Crippen molar-refractivity contribution < 1.29 is 14.6 Å². The lowest BCUT2D eigenvalue weighted by molar-refractivity contribution is 0.310. The number of benzene rings is 2. The molecule has 0 saturated carbocycles. The summed E-state index contributed by atoms with van der Waals surface area (Å²) in [7, 11) is 1.62. The minimum Gasteiger partial charge on any atom is -0.505 e. The molecule has 0 spiro atoms. The van der Waals surface area contributed by atoms with Crippen molar-refractivity contribution >= 4 is 10.9 Å². The zero-order valence-electron chi connectivity index (χ0n) is 17.1. The molecule has 2 aromatic carbocycles. The van der Waals surface area contributed by atoms with Gasteiger partial charge >= 0.3 is 0 Å². The molecule has 154 valence electrons. The van der Waals surface area contributed by atoms with Crippen LogP contribution in [0.15, 0.2) is 72.7 Å². The molecule has 0 radical (unpaired) electrons. The van der Waals surface area contributed by atoms with Gasteiger partial charge in [-0.15, -0.1) is 0 Å². The van der Waals surface area contributed by atoms with Crippen LogP contribution in [-0.4, -0.2) is 30.4 Å². The number of ether oxygens (including phenoxy) is 2. The van der Waals surface area contributed by atoms with Gasteiger partial charge in [-0.25, -0.2) is 0 Å². The van der Waals surface area contributed by atoms with Crippen LogP contribution in [0.5, 0.6) is 17.2 Å². The van der Waals surface area contributed by atoms with Crippen LogP contribution in [0.3, 0.4) is 0 Å². The van der Waals surface area contributed by atoms with Crippen LogP contribution in [0.25, 0.3) is 10.9 Å². The second kappa shape index (κ2) is 8.78. The van der Waals surface area contributed by atoms with Crippen LogP contribution in [-0.2, 0) is 0 Å². The fourth-order valence-corrected chi connectivity index (χ4v) is 3.57. The molecule has 6 heteroatoms. The van der Waals surface area contributed by atoms with Crippen LogP contribution in [0.2, 0.25) is 0 Å². The highest BCUT2D eigenvalue weighted by molar-refractivity contribution is 5.85. The fourth-order valence-electron chi connectivity index (χ4n) is 3.57. The summed E-state index contributed by atoms with van der Waals surface area (Å²) in [5, 5.41) is 18.8. The zero-order valence-corrected chi connectivity index (χ0v) is 17.1. The number of dihydropyridines is 1. The number of hydrogen-bond donors (Lipinski definition) is 3. The van der Waals surface area contributed by atoms with E-state index in [1.807, 2.05) is 67.6 Å². The van der Waals surface area contributed by atoms with Gasteiger partial charge < -0.3 is 25.2 Å². The Labute approximate surface area is 175 Å². The monoisotopic (exact) mass is 403 g/mol. The number of methoxy groups -OCH3 is 1. The standard InChI is InChI=1S/C24H25N3O3/c1-3-30-20-15-17(10-12-19(20)29-2)22(27-21-8-4-5-13-25-21)18-11-9-16-7-6-14-26-23(16)24(18)28/h4-12,14-15,22,25,27-28H,3,13H2,1-2H3. The van der Waals surface area contributed by atoms with Crippen molar-refractivity contribution in [1.82, 2.24) is 15.6 Å².